The molecule has 2 amide bonds. The number of aromatic nitrogens is 3. The Labute approximate surface area is 273 Å². The van der Waals surface area contributed by atoms with Gasteiger partial charge in [-0.3, -0.25) is 14.0 Å². The minimum Gasteiger partial charge on any atom is -0.476 e. The van der Waals surface area contributed by atoms with E-state index in [4.69, 9.17) is 21.6 Å². The lowest BCUT2D eigenvalue weighted by Gasteiger charge is -2.38. The van der Waals surface area contributed by atoms with E-state index in [-0.39, 0.29) is 52.4 Å². The molecule has 2 saturated heterocycles. The lowest BCUT2D eigenvalue weighted by atomic mass is 9.94. The van der Waals surface area contributed by atoms with Gasteiger partial charge >= 0.3 is 0 Å². The van der Waals surface area contributed by atoms with Crippen molar-refractivity contribution in [2.75, 3.05) is 51.3 Å². The van der Waals surface area contributed by atoms with Crippen molar-refractivity contribution in [3.63, 3.8) is 0 Å². The molecule has 2 aromatic carbocycles. The van der Waals surface area contributed by atoms with Gasteiger partial charge in [-0.2, -0.15) is 9.65 Å². The summed E-state index contributed by atoms with van der Waals surface area (Å²) in [6, 6.07) is 9.08. The molecule has 2 aliphatic rings. The molecule has 1 atom stereocenters. The first-order chi connectivity index (χ1) is 22.8. The third kappa shape index (κ3) is 6.55. The number of aliphatic hydroxyl groups excluding tert-OH is 1. The number of nitrogens with zero attached hydrogens (tertiary/aromatic N) is 6. The Kier molecular flexibility index (Phi) is 9.48. The van der Waals surface area contributed by atoms with Crippen molar-refractivity contribution in [3.8, 4) is 23.1 Å². The predicted molar refractivity (Wildman–Crippen MR) is 168 cm³/mol. The maximum atomic E-state index is 15.0. The highest BCUT2D eigenvalue weighted by molar-refractivity contribution is 6.34. The van der Waals surface area contributed by atoms with Gasteiger partial charge < -0.3 is 30.3 Å². The van der Waals surface area contributed by atoms with Crippen LogP contribution < -0.4 is 15.4 Å². The molecule has 4 heterocycles. The predicted octanol–water partition coefficient (Wildman–Crippen LogP) is 3.62. The van der Waals surface area contributed by atoms with Crippen molar-refractivity contribution in [2.45, 2.75) is 18.9 Å². The Morgan fingerprint density at radius 3 is 2.68 bits per heavy atom. The minimum atomic E-state index is -1.21. The van der Waals surface area contributed by atoms with Gasteiger partial charge in [-0.15, -0.1) is 0 Å². The summed E-state index contributed by atoms with van der Waals surface area (Å²) < 4.78 is 36.1. The van der Waals surface area contributed by atoms with Gasteiger partial charge in [0, 0.05) is 68.3 Å². The number of hydrogen-bond donors (Lipinski definition) is 3. The van der Waals surface area contributed by atoms with Crippen molar-refractivity contribution >= 4 is 40.6 Å². The second-order valence-corrected chi connectivity index (χ2v) is 11.7. The number of piperazine rings is 1. The van der Waals surface area contributed by atoms with Crippen molar-refractivity contribution < 1.29 is 28.2 Å². The Hall–Kier alpha value is -4.84. The number of ether oxygens (including phenoxy) is 1. The summed E-state index contributed by atoms with van der Waals surface area (Å²) in [5.41, 5.74) is 1.38. The van der Waals surface area contributed by atoms with E-state index in [1.807, 2.05) is 0 Å². The van der Waals surface area contributed by atoms with Crippen LogP contribution in [0, 0.1) is 28.9 Å². The van der Waals surface area contributed by atoms with Crippen LogP contribution in [0.1, 0.15) is 23.2 Å². The van der Waals surface area contributed by atoms with Crippen LogP contribution in [-0.4, -0.2) is 93.1 Å². The molecule has 244 valence electrons. The zero-order valence-electron chi connectivity index (χ0n) is 25.1. The average Bonchev–Trinajstić information content (AvgIpc) is 3.53. The number of nitrogens with one attached hydrogen (secondary N) is 2. The second kappa shape index (κ2) is 13.9. The van der Waals surface area contributed by atoms with Crippen LogP contribution in [0.15, 0.2) is 48.9 Å². The van der Waals surface area contributed by atoms with E-state index in [1.165, 1.54) is 24.5 Å². The SMILES string of the molecule is N#CCOc1ccc(-c2cnc3c(Nc4ccc(C(=O)N5CCC(C(=O)N6CCN[C@H](CO)C6)CC5)c(Cl)c4)nccn23)c(F)c1F. The summed E-state index contributed by atoms with van der Waals surface area (Å²) in [5.74, 6) is -2.75. The molecule has 2 fully saturated rings. The van der Waals surface area contributed by atoms with Gasteiger partial charge in [0.25, 0.3) is 5.91 Å². The number of fused-ring (bicyclic) bond motifs is 1. The number of piperidine rings is 1. The number of hydrogen-bond acceptors (Lipinski definition) is 9. The van der Waals surface area contributed by atoms with E-state index in [0.29, 0.717) is 68.3 Å². The fourth-order valence-electron chi connectivity index (χ4n) is 5.97. The zero-order chi connectivity index (χ0) is 33.1. The Morgan fingerprint density at radius 1 is 1.13 bits per heavy atom. The van der Waals surface area contributed by atoms with E-state index in [1.54, 1.807) is 44.7 Å². The van der Waals surface area contributed by atoms with E-state index in [2.05, 4.69) is 20.6 Å². The van der Waals surface area contributed by atoms with E-state index < -0.39 is 18.2 Å². The Bertz CT molecular complexity index is 1860. The minimum absolute atomic E-state index is 0.0243. The molecule has 0 radical (unpaired) electrons. The molecular weight excluding hydrogens is 634 g/mol. The van der Waals surface area contributed by atoms with Crippen LogP contribution in [-0.2, 0) is 4.79 Å². The fourth-order valence-corrected chi connectivity index (χ4v) is 6.23. The summed E-state index contributed by atoms with van der Waals surface area (Å²) in [4.78, 5) is 38.6. The molecule has 0 saturated carbocycles. The number of halogens is 3. The molecule has 15 heteroatoms. The molecule has 0 bridgehead atoms. The molecule has 0 aliphatic carbocycles. The number of imidazole rings is 1. The lowest BCUT2D eigenvalue weighted by molar-refractivity contribution is -0.138. The summed E-state index contributed by atoms with van der Waals surface area (Å²) >= 11 is 6.58. The van der Waals surface area contributed by atoms with E-state index in [0.717, 1.165) is 0 Å². The highest BCUT2D eigenvalue weighted by Gasteiger charge is 2.33. The number of carbonyl (C=O) groups is 2. The number of carbonyl (C=O) groups excluding carboxylic acids is 2. The van der Waals surface area contributed by atoms with Gasteiger partial charge in [-0.1, -0.05) is 11.6 Å². The van der Waals surface area contributed by atoms with E-state index in [9.17, 15) is 23.5 Å². The molecule has 47 heavy (non-hydrogen) atoms. The lowest BCUT2D eigenvalue weighted by Crippen LogP contribution is -2.56. The monoisotopic (exact) mass is 664 g/mol. The highest BCUT2D eigenvalue weighted by Crippen LogP contribution is 2.32. The number of nitriles is 1. The van der Waals surface area contributed by atoms with Gasteiger partial charge in [0.15, 0.2) is 29.6 Å². The quantitative estimate of drug-likeness (QED) is 0.257. The number of anilines is 2. The van der Waals surface area contributed by atoms with E-state index >= 15 is 0 Å². The molecule has 12 nitrogen and oxygen atoms in total. The van der Waals surface area contributed by atoms with Gasteiger partial charge in [-0.05, 0) is 43.2 Å². The molecule has 3 N–H and O–H groups in total. The fraction of sp³-hybridized carbons (Fsp3) is 0.344. The van der Waals surface area contributed by atoms with Crippen LogP contribution in [0.5, 0.6) is 5.75 Å². The topological polar surface area (TPSA) is 148 Å². The highest BCUT2D eigenvalue weighted by atomic mass is 35.5. The second-order valence-electron chi connectivity index (χ2n) is 11.3. The number of benzene rings is 2. The number of likely N-dealkylation sites (tertiary alicyclic amines) is 1. The van der Waals surface area contributed by atoms with Gasteiger partial charge in [0.1, 0.15) is 6.07 Å². The number of aliphatic hydroxyl groups is 1. The molecular formula is C32H31ClF2N8O4. The first-order valence-corrected chi connectivity index (χ1v) is 15.5. The molecule has 4 aromatic rings. The Balaban J connectivity index is 1.13. The van der Waals surface area contributed by atoms with Crippen LogP contribution in [0.4, 0.5) is 20.3 Å². The number of amides is 2. The van der Waals surface area contributed by atoms with Crippen LogP contribution in [0.2, 0.25) is 5.02 Å². The van der Waals surface area contributed by atoms with Crippen molar-refractivity contribution in [2.24, 2.45) is 5.92 Å². The van der Waals surface area contributed by atoms with Gasteiger partial charge in [-0.25, -0.2) is 14.4 Å². The number of rotatable bonds is 8. The maximum Gasteiger partial charge on any atom is 0.255 e. The molecule has 2 aliphatic heterocycles. The van der Waals surface area contributed by atoms with Crippen LogP contribution in [0.25, 0.3) is 16.9 Å². The molecule has 2 aromatic heterocycles. The molecule has 6 rings (SSSR count). The normalized spacial score (nSPS) is 17.0. The van der Waals surface area contributed by atoms with Crippen molar-refractivity contribution in [1.82, 2.24) is 29.5 Å². The third-order valence-electron chi connectivity index (χ3n) is 8.42. The first kappa shape index (κ1) is 32.1. The largest absolute Gasteiger partial charge is 0.476 e. The smallest absolute Gasteiger partial charge is 0.255 e. The standard InChI is InChI=1S/C32H31ClF2N8O4/c33-24-15-20(1-2-22(24)32(46)41-10-5-19(6-11-41)31(45)42-12-8-37-21(17-42)18-44)40-29-30-39-16-25(43(30)13-9-38-29)23-3-4-26(47-14-7-36)28(35)27(23)34/h1-4,9,13,15-16,19,21,37,44H,5-6,8,10-12,14,17-18H2,(H,38,40)/t21-/m0/s1. The maximum absolute atomic E-state index is 15.0. The summed E-state index contributed by atoms with van der Waals surface area (Å²) in [7, 11) is 0. The molecule has 0 unspecified atom stereocenters. The zero-order valence-corrected chi connectivity index (χ0v) is 25.9. The van der Waals surface area contributed by atoms with Crippen LogP contribution >= 0.6 is 11.6 Å². The van der Waals surface area contributed by atoms with Gasteiger partial charge in [0.05, 0.1) is 29.1 Å². The van der Waals surface area contributed by atoms with Crippen molar-refractivity contribution in [3.05, 3.63) is 71.1 Å². The Morgan fingerprint density at radius 2 is 1.94 bits per heavy atom. The first-order valence-electron chi connectivity index (χ1n) is 15.1. The van der Waals surface area contributed by atoms with Crippen LogP contribution in [0.3, 0.4) is 0 Å². The summed E-state index contributed by atoms with van der Waals surface area (Å²) in [6.07, 6.45) is 5.51. The molecule has 0 spiro atoms. The average molecular weight is 665 g/mol. The van der Waals surface area contributed by atoms with Crippen molar-refractivity contribution in [1.29, 1.82) is 5.26 Å². The van der Waals surface area contributed by atoms with Gasteiger partial charge in [0.2, 0.25) is 11.7 Å². The third-order valence-corrected chi connectivity index (χ3v) is 8.74. The summed E-state index contributed by atoms with van der Waals surface area (Å²) in [6.45, 7) is 2.13. The summed E-state index contributed by atoms with van der Waals surface area (Å²) in [5, 5.41) is 24.6.